The van der Waals surface area contributed by atoms with E-state index < -0.39 is 23.2 Å². The van der Waals surface area contributed by atoms with Crippen LogP contribution in [-0.4, -0.2) is 16.9 Å². The molecule has 132 valence electrons. The Morgan fingerprint density at radius 3 is 2.40 bits per heavy atom. The zero-order valence-corrected chi connectivity index (χ0v) is 13.9. The number of halogens is 2. The van der Waals surface area contributed by atoms with Crippen LogP contribution >= 0.6 is 0 Å². The molecule has 0 radical (unpaired) electrons. The summed E-state index contributed by atoms with van der Waals surface area (Å²) in [5.74, 6) is -2.28. The molecule has 1 saturated carbocycles. The second kappa shape index (κ2) is 8.05. The van der Waals surface area contributed by atoms with Gasteiger partial charge in [-0.25, -0.2) is 8.78 Å². The first-order valence-corrected chi connectivity index (χ1v) is 8.61. The highest BCUT2D eigenvalue weighted by Gasteiger charge is 2.16. The van der Waals surface area contributed by atoms with Crippen molar-refractivity contribution in [3.63, 3.8) is 0 Å². The Hall–Kier alpha value is -2.50. The fraction of sp³-hybridized carbons (Fsp3) is 0.368. The lowest BCUT2D eigenvalue weighted by atomic mass is 10.1. The van der Waals surface area contributed by atoms with Crippen molar-refractivity contribution in [1.29, 1.82) is 0 Å². The van der Waals surface area contributed by atoms with Crippen molar-refractivity contribution in [2.75, 3.05) is 10.6 Å². The number of nitrogens with zero attached hydrogens (tertiary/aromatic N) is 1. The molecule has 1 aromatic heterocycles. The second-order valence-electron chi connectivity index (χ2n) is 6.31. The highest BCUT2D eigenvalue weighted by atomic mass is 19.1. The third kappa shape index (κ3) is 4.53. The molecule has 1 amide bonds. The van der Waals surface area contributed by atoms with E-state index in [4.69, 9.17) is 0 Å². The fourth-order valence-corrected chi connectivity index (χ4v) is 3.10. The third-order valence-corrected chi connectivity index (χ3v) is 4.42. The number of aromatic nitrogens is 1. The molecular formula is C19H21F2N3O. The number of carbonyl (C=O) groups excluding carboxylic acids is 1. The molecule has 1 aliphatic rings. The Bertz CT molecular complexity index is 723. The van der Waals surface area contributed by atoms with Crippen LogP contribution in [-0.2, 0) is 0 Å². The van der Waals surface area contributed by atoms with Crippen molar-refractivity contribution in [2.45, 2.75) is 44.6 Å². The van der Waals surface area contributed by atoms with E-state index >= 15 is 0 Å². The molecule has 0 saturated heterocycles. The average molecular weight is 345 g/mol. The molecule has 0 spiro atoms. The van der Waals surface area contributed by atoms with Crippen LogP contribution < -0.4 is 10.6 Å². The lowest BCUT2D eigenvalue weighted by molar-refractivity contribution is 0.102. The van der Waals surface area contributed by atoms with Crippen molar-refractivity contribution in [1.82, 2.24) is 4.98 Å². The smallest absolute Gasteiger partial charge is 0.274 e. The van der Waals surface area contributed by atoms with Crippen LogP contribution in [0.5, 0.6) is 0 Å². The number of nitrogens with one attached hydrogen (secondary N) is 2. The summed E-state index contributed by atoms with van der Waals surface area (Å²) in [4.78, 5) is 16.3. The minimum absolute atomic E-state index is 0.112. The number of para-hydroxylation sites is 1. The largest absolute Gasteiger partial charge is 0.382 e. The minimum atomic E-state index is -0.818. The quantitative estimate of drug-likeness (QED) is 0.787. The number of rotatable bonds is 4. The number of benzene rings is 1. The summed E-state index contributed by atoms with van der Waals surface area (Å²) < 4.78 is 27.3. The van der Waals surface area contributed by atoms with Gasteiger partial charge in [0.15, 0.2) is 0 Å². The molecule has 1 heterocycles. The zero-order chi connectivity index (χ0) is 17.6. The molecule has 1 aromatic carbocycles. The van der Waals surface area contributed by atoms with E-state index in [9.17, 15) is 13.6 Å². The molecule has 0 atom stereocenters. The van der Waals surface area contributed by atoms with Gasteiger partial charge in [0.25, 0.3) is 5.91 Å². The Morgan fingerprint density at radius 2 is 1.72 bits per heavy atom. The summed E-state index contributed by atoms with van der Waals surface area (Å²) in [6, 6.07) is 7.22. The van der Waals surface area contributed by atoms with Gasteiger partial charge in [-0.3, -0.25) is 9.78 Å². The average Bonchev–Trinajstić information content (AvgIpc) is 2.87. The predicted molar refractivity (Wildman–Crippen MR) is 93.7 cm³/mol. The van der Waals surface area contributed by atoms with Crippen molar-refractivity contribution < 1.29 is 13.6 Å². The molecule has 4 nitrogen and oxygen atoms in total. The van der Waals surface area contributed by atoms with Gasteiger partial charge in [0, 0.05) is 17.9 Å². The fourth-order valence-electron chi connectivity index (χ4n) is 3.10. The lowest BCUT2D eigenvalue weighted by Crippen LogP contribution is -2.20. The summed E-state index contributed by atoms with van der Waals surface area (Å²) in [7, 11) is 0. The normalized spacial score (nSPS) is 15.4. The maximum absolute atomic E-state index is 13.7. The van der Waals surface area contributed by atoms with Gasteiger partial charge in [-0.2, -0.15) is 0 Å². The first-order valence-electron chi connectivity index (χ1n) is 8.61. The van der Waals surface area contributed by atoms with Crippen LogP contribution in [0.25, 0.3) is 0 Å². The van der Waals surface area contributed by atoms with Gasteiger partial charge >= 0.3 is 0 Å². The van der Waals surface area contributed by atoms with E-state index in [1.54, 1.807) is 12.1 Å². The van der Waals surface area contributed by atoms with E-state index in [-0.39, 0.29) is 5.69 Å². The van der Waals surface area contributed by atoms with E-state index in [1.165, 1.54) is 37.9 Å². The summed E-state index contributed by atoms with van der Waals surface area (Å²) in [5.41, 5.74) is 0.443. The van der Waals surface area contributed by atoms with Gasteiger partial charge in [-0.05, 0) is 37.1 Å². The predicted octanol–water partition coefficient (Wildman–Crippen LogP) is 4.75. The monoisotopic (exact) mass is 345 g/mol. The molecule has 0 unspecified atom stereocenters. The summed E-state index contributed by atoms with van der Waals surface area (Å²) in [6.45, 7) is 0. The van der Waals surface area contributed by atoms with Gasteiger partial charge < -0.3 is 10.6 Å². The third-order valence-electron chi connectivity index (χ3n) is 4.42. The number of hydrogen-bond donors (Lipinski definition) is 2. The van der Waals surface area contributed by atoms with Gasteiger partial charge in [-0.1, -0.05) is 31.7 Å². The van der Waals surface area contributed by atoms with Crippen LogP contribution in [0.4, 0.5) is 20.2 Å². The molecule has 6 heteroatoms. The number of amides is 1. The van der Waals surface area contributed by atoms with Gasteiger partial charge in [0.05, 0.1) is 0 Å². The Morgan fingerprint density at radius 1 is 1.04 bits per heavy atom. The van der Waals surface area contributed by atoms with E-state index in [0.717, 1.165) is 30.7 Å². The molecule has 25 heavy (non-hydrogen) atoms. The maximum atomic E-state index is 13.7. The molecule has 2 N–H and O–H groups in total. The van der Waals surface area contributed by atoms with Crippen LogP contribution in [0.15, 0.2) is 36.5 Å². The van der Waals surface area contributed by atoms with E-state index in [0.29, 0.717) is 6.04 Å². The number of hydrogen-bond acceptors (Lipinski definition) is 3. The Kier molecular flexibility index (Phi) is 5.58. The lowest BCUT2D eigenvalue weighted by Gasteiger charge is -2.18. The molecule has 2 aromatic rings. The summed E-state index contributed by atoms with van der Waals surface area (Å²) in [5, 5.41) is 5.69. The van der Waals surface area contributed by atoms with Crippen LogP contribution in [0, 0.1) is 11.6 Å². The van der Waals surface area contributed by atoms with Crippen molar-refractivity contribution in [2.24, 2.45) is 0 Å². The first-order chi connectivity index (χ1) is 12.1. The topological polar surface area (TPSA) is 54.0 Å². The Balaban J connectivity index is 1.71. The molecule has 3 rings (SSSR count). The molecular weight excluding hydrogens is 324 g/mol. The van der Waals surface area contributed by atoms with E-state index in [1.807, 2.05) is 0 Å². The maximum Gasteiger partial charge on any atom is 0.274 e. The van der Waals surface area contributed by atoms with Crippen molar-refractivity contribution in [3.8, 4) is 0 Å². The van der Waals surface area contributed by atoms with Gasteiger partial charge in [0.1, 0.15) is 23.0 Å². The van der Waals surface area contributed by atoms with Gasteiger partial charge in [-0.15, -0.1) is 0 Å². The Labute approximate surface area is 145 Å². The van der Waals surface area contributed by atoms with Crippen LogP contribution in [0.1, 0.15) is 49.0 Å². The van der Waals surface area contributed by atoms with Gasteiger partial charge in [0.2, 0.25) is 0 Å². The number of anilines is 2. The first kappa shape index (κ1) is 17.3. The van der Waals surface area contributed by atoms with Crippen molar-refractivity contribution >= 4 is 17.3 Å². The van der Waals surface area contributed by atoms with E-state index in [2.05, 4.69) is 15.6 Å². The molecule has 1 aliphatic carbocycles. The van der Waals surface area contributed by atoms with Crippen LogP contribution in [0.3, 0.4) is 0 Å². The zero-order valence-electron chi connectivity index (χ0n) is 13.9. The molecule has 0 aliphatic heterocycles. The van der Waals surface area contributed by atoms with Crippen molar-refractivity contribution in [3.05, 3.63) is 53.9 Å². The minimum Gasteiger partial charge on any atom is -0.382 e. The highest BCUT2D eigenvalue weighted by molar-refractivity contribution is 6.03. The summed E-state index contributed by atoms with van der Waals surface area (Å²) in [6.07, 6.45) is 8.64. The number of pyridine rings is 1. The molecule has 1 fully saturated rings. The molecule has 0 bridgehead atoms. The highest BCUT2D eigenvalue weighted by Crippen LogP contribution is 2.22. The number of carbonyl (C=O) groups is 1. The SMILES string of the molecule is O=C(Nc1c(F)cccc1F)c1cc(NC2CCCCCC2)ccn1. The van der Waals surface area contributed by atoms with Crippen LogP contribution in [0.2, 0.25) is 0 Å². The summed E-state index contributed by atoms with van der Waals surface area (Å²) >= 11 is 0. The second-order valence-corrected chi connectivity index (χ2v) is 6.31. The standard InChI is InChI=1S/C19H21F2N3O/c20-15-8-5-9-16(21)18(15)24-19(25)17-12-14(10-11-22-17)23-13-6-3-1-2-4-7-13/h5,8-13H,1-4,6-7H2,(H,22,23)(H,24,25).